The molecule has 0 bridgehead atoms. The summed E-state index contributed by atoms with van der Waals surface area (Å²) in [6, 6.07) is 11.8. The van der Waals surface area contributed by atoms with E-state index in [1.165, 1.54) is 4.88 Å². The van der Waals surface area contributed by atoms with Gasteiger partial charge in [0.05, 0.1) is 22.1 Å². The molecule has 0 unspecified atom stereocenters. The number of nitrogens with zero attached hydrogens (tertiary/aromatic N) is 1. The minimum Gasteiger partial charge on any atom is -0.357 e. The third kappa shape index (κ3) is 2.94. The first-order chi connectivity index (χ1) is 10.6. The maximum atomic E-state index is 12.0. The lowest BCUT2D eigenvalue weighted by Crippen LogP contribution is -2.26. The second-order valence-corrected chi connectivity index (χ2v) is 6.02. The van der Waals surface area contributed by atoms with Crippen LogP contribution in [-0.2, 0) is 0 Å². The molecule has 112 valence electrons. The highest BCUT2D eigenvalue weighted by Gasteiger charge is 2.12. The molecule has 0 saturated heterocycles. The molecule has 0 radical (unpaired) electrons. The number of aromatic nitrogens is 2. The van der Waals surface area contributed by atoms with Gasteiger partial charge in [0, 0.05) is 6.20 Å². The van der Waals surface area contributed by atoms with Crippen molar-refractivity contribution in [3.05, 3.63) is 65.1 Å². The number of hydrogen-bond acceptors (Lipinski definition) is 3. The second kappa shape index (κ2) is 6.15. The van der Waals surface area contributed by atoms with Gasteiger partial charge in [0.2, 0.25) is 0 Å². The van der Waals surface area contributed by atoms with Crippen LogP contribution in [0.1, 0.15) is 34.7 Å². The van der Waals surface area contributed by atoms with Crippen molar-refractivity contribution in [1.29, 1.82) is 0 Å². The van der Waals surface area contributed by atoms with Crippen molar-refractivity contribution >= 4 is 17.2 Å². The minimum absolute atomic E-state index is 0.0487. The number of aryl methyl sites for hydroxylation is 1. The molecule has 1 aromatic carbocycles. The second-order valence-electron chi connectivity index (χ2n) is 5.17. The monoisotopic (exact) mass is 311 g/mol. The average molecular weight is 311 g/mol. The summed E-state index contributed by atoms with van der Waals surface area (Å²) in [7, 11) is 0. The van der Waals surface area contributed by atoms with E-state index < -0.39 is 0 Å². The number of benzene rings is 1. The highest BCUT2D eigenvalue weighted by molar-refractivity contribution is 7.13. The standard InChI is InChI=1S/C17H17N3OS/c1-11(20-17(21)15-4-3-9-18-15)13-5-7-14(8-6-13)16-12(2)19-10-22-16/h3-11,18H,1-2H3,(H,20,21)/t11-/m0/s1. The Kier molecular flexibility index (Phi) is 4.06. The van der Waals surface area contributed by atoms with Crippen LogP contribution in [0.15, 0.2) is 48.1 Å². The molecule has 1 amide bonds. The molecule has 5 heteroatoms. The summed E-state index contributed by atoms with van der Waals surface area (Å²) in [5, 5.41) is 2.98. The Balaban J connectivity index is 1.72. The van der Waals surface area contributed by atoms with Crippen LogP contribution in [0.3, 0.4) is 0 Å². The number of thiazole rings is 1. The van der Waals surface area contributed by atoms with Gasteiger partial charge in [-0.25, -0.2) is 4.98 Å². The topological polar surface area (TPSA) is 57.8 Å². The van der Waals surface area contributed by atoms with E-state index in [9.17, 15) is 4.79 Å². The molecule has 0 aliphatic heterocycles. The van der Waals surface area contributed by atoms with E-state index in [0.29, 0.717) is 5.69 Å². The quantitative estimate of drug-likeness (QED) is 0.767. The summed E-state index contributed by atoms with van der Waals surface area (Å²) in [6.45, 7) is 3.99. The highest BCUT2D eigenvalue weighted by Crippen LogP contribution is 2.28. The molecular formula is C17H17N3OS. The molecule has 0 fully saturated rings. The Morgan fingerprint density at radius 1 is 1.27 bits per heavy atom. The smallest absolute Gasteiger partial charge is 0.268 e. The van der Waals surface area contributed by atoms with E-state index in [2.05, 4.69) is 27.4 Å². The lowest BCUT2D eigenvalue weighted by Gasteiger charge is -2.14. The van der Waals surface area contributed by atoms with E-state index in [1.807, 2.05) is 37.6 Å². The molecule has 0 saturated carbocycles. The van der Waals surface area contributed by atoms with Gasteiger partial charge in [0.25, 0.3) is 5.91 Å². The molecule has 3 rings (SSSR count). The van der Waals surface area contributed by atoms with E-state index >= 15 is 0 Å². The van der Waals surface area contributed by atoms with Crippen LogP contribution in [-0.4, -0.2) is 15.9 Å². The Morgan fingerprint density at radius 3 is 2.64 bits per heavy atom. The zero-order valence-corrected chi connectivity index (χ0v) is 13.3. The fourth-order valence-electron chi connectivity index (χ4n) is 2.33. The third-order valence-corrected chi connectivity index (χ3v) is 4.59. The predicted molar refractivity (Wildman–Crippen MR) is 89.0 cm³/mol. The van der Waals surface area contributed by atoms with Gasteiger partial charge >= 0.3 is 0 Å². The average Bonchev–Trinajstić information content (AvgIpc) is 3.18. The number of rotatable bonds is 4. The SMILES string of the molecule is Cc1ncsc1-c1ccc([C@H](C)NC(=O)c2ccc[nH]2)cc1. The van der Waals surface area contributed by atoms with Crippen LogP contribution in [0.5, 0.6) is 0 Å². The number of hydrogen-bond donors (Lipinski definition) is 2. The van der Waals surface area contributed by atoms with Crippen LogP contribution in [0.4, 0.5) is 0 Å². The summed E-state index contributed by atoms with van der Waals surface area (Å²) in [5.74, 6) is -0.0973. The first-order valence-corrected chi connectivity index (χ1v) is 7.98. The lowest BCUT2D eigenvalue weighted by molar-refractivity contribution is 0.0935. The van der Waals surface area contributed by atoms with Gasteiger partial charge in [-0.15, -0.1) is 11.3 Å². The molecule has 2 heterocycles. The lowest BCUT2D eigenvalue weighted by atomic mass is 10.0. The van der Waals surface area contributed by atoms with Crippen LogP contribution in [0.2, 0.25) is 0 Å². The van der Waals surface area contributed by atoms with Crippen molar-refractivity contribution in [3.8, 4) is 10.4 Å². The zero-order valence-electron chi connectivity index (χ0n) is 12.5. The molecule has 22 heavy (non-hydrogen) atoms. The molecular weight excluding hydrogens is 294 g/mol. The van der Waals surface area contributed by atoms with Gasteiger partial charge in [-0.2, -0.15) is 0 Å². The van der Waals surface area contributed by atoms with Gasteiger partial charge in [0.1, 0.15) is 5.69 Å². The Labute approximate surface area is 133 Å². The number of nitrogens with one attached hydrogen (secondary N) is 2. The van der Waals surface area contributed by atoms with Gasteiger partial charge in [-0.05, 0) is 37.1 Å². The fraction of sp³-hybridized carbons (Fsp3) is 0.176. The summed E-state index contributed by atoms with van der Waals surface area (Å²) in [4.78, 5) is 20.4. The Morgan fingerprint density at radius 2 is 2.05 bits per heavy atom. The first-order valence-electron chi connectivity index (χ1n) is 7.10. The number of carbonyl (C=O) groups excluding carboxylic acids is 1. The molecule has 0 spiro atoms. The molecule has 2 N–H and O–H groups in total. The molecule has 0 aliphatic carbocycles. The summed E-state index contributed by atoms with van der Waals surface area (Å²) < 4.78 is 0. The fourth-order valence-corrected chi connectivity index (χ4v) is 3.14. The highest BCUT2D eigenvalue weighted by atomic mass is 32.1. The van der Waals surface area contributed by atoms with Gasteiger partial charge in [0.15, 0.2) is 0 Å². The largest absolute Gasteiger partial charge is 0.357 e. The van der Waals surface area contributed by atoms with Crippen LogP contribution in [0, 0.1) is 6.92 Å². The van der Waals surface area contributed by atoms with Crippen LogP contribution in [0.25, 0.3) is 10.4 Å². The number of amides is 1. The third-order valence-electron chi connectivity index (χ3n) is 3.61. The molecule has 1 atom stereocenters. The number of carbonyl (C=O) groups is 1. The molecule has 4 nitrogen and oxygen atoms in total. The van der Waals surface area contributed by atoms with E-state index in [1.54, 1.807) is 23.6 Å². The van der Waals surface area contributed by atoms with Crippen LogP contribution < -0.4 is 5.32 Å². The minimum atomic E-state index is -0.0973. The molecule has 0 aliphatic rings. The first kappa shape index (κ1) is 14.5. The molecule has 2 aromatic heterocycles. The van der Waals surface area contributed by atoms with Crippen molar-refractivity contribution in [2.24, 2.45) is 0 Å². The number of aromatic amines is 1. The van der Waals surface area contributed by atoms with Crippen LogP contribution >= 0.6 is 11.3 Å². The van der Waals surface area contributed by atoms with Gasteiger partial charge in [-0.3, -0.25) is 4.79 Å². The Hall–Kier alpha value is -2.40. The maximum Gasteiger partial charge on any atom is 0.268 e. The zero-order chi connectivity index (χ0) is 15.5. The summed E-state index contributed by atoms with van der Waals surface area (Å²) in [5.41, 5.74) is 5.71. The van der Waals surface area contributed by atoms with Crippen molar-refractivity contribution < 1.29 is 4.79 Å². The van der Waals surface area contributed by atoms with E-state index in [0.717, 1.165) is 16.8 Å². The molecule has 3 aromatic rings. The van der Waals surface area contributed by atoms with Crippen molar-refractivity contribution in [1.82, 2.24) is 15.3 Å². The van der Waals surface area contributed by atoms with Crippen molar-refractivity contribution in [3.63, 3.8) is 0 Å². The predicted octanol–water partition coefficient (Wildman–Crippen LogP) is 3.94. The van der Waals surface area contributed by atoms with Crippen molar-refractivity contribution in [2.45, 2.75) is 19.9 Å². The number of H-pyrrole nitrogens is 1. The van der Waals surface area contributed by atoms with E-state index in [4.69, 9.17) is 0 Å². The normalized spacial score (nSPS) is 12.1. The summed E-state index contributed by atoms with van der Waals surface area (Å²) >= 11 is 1.64. The van der Waals surface area contributed by atoms with Gasteiger partial charge < -0.3 is 10.3 Å². The van der Waals surface area contributed by atoms with Gasteiger partial charge in [-0.1, -0.05) is 24.3 Å². The van der Waals surface area contributed by atoms with Crippen molar-refractivity contribution in [2.75, 3.05) is 0 Å². The maximum absolute atomic E-state index is 12.0. The summed E-state index contributed by atoms with van der Waals surface area (Å²) in [6.07, 6.45) is 1.74. The Bertz CT molecular complexity index is 760. The van der Waals surface area contributed by atoms with E-state index in [-0.39, 0.29) is 11.9 Å².